The van der Waals surface area contributed by atoms with Crippen molar-refractivity contribution in [1.82, 2.24) is 0 Å². The molecule has 1 unspecified atom stereocenters. The first-order valence-corrected chi connectivity index (χ1v) is 6.23. The largest absolute Gasteiger partial charge is 0.497 e. The van der Waals surface area contributed by atoms with Crippen LogP contribution in [0, 0.1) is 0 Å². The molecular formula is C13H20N2OS. The van der Waals surface area contributed by atoms with Gasteiger partial charge in [-0.25, -0.2) is 0 Å². The number of anilines is 1. The van der Waals surface area contributed by atoms with Gasteiger partial charge in [0.1, 0.15) is 10.7 Å². The smallest absolute Gasteiger partial charge is 0.120 e. The Morgan fingerprint density at radius 3 is 2.76 bits per heavy atom. The molecule has 0 heterocycles. The number of hydrogen-bond donors (Lipinski definition) is 2. The van der Waals surface area contributed by atoms with E-state index in [1.807, 2.05) is 18.2 Å². The maximum atomic E-state index is 5.71. The van der Waals surface area contributed by atoms with Crippen molar-refractivity contribution in [3.8, 4) is 5.75 Å². The number of rotatable bonds is 6. The lowest BCUT2D eigenvalue weighted by molar-refractivity contribution is 0.415. The summed E-state index contributed by atoms with van der Waals surface area (Å²) < 4.78 is 5.21. The van der Waals surface area contributed by atoms with Crippen LogP contribution < -0.4 is 15.8 Å². The molecule has 94 valence electrons. The van der Waals surface area contributed by atoms with Gasteiger partial charge in [0.2, 0.25) is 0 Å². The Morgan fingerprint density at radius 1 is 1.53 bits per heavy atom. The third-order valence-corrected chi connectivity index (χ3v) is 2.84. The quantitative estimate of drug-likeness (QED) is 0.764. The molecular weight excluding hydrogens is 232 g/mol. The van der Waals surface area contributed by atoms with Crippen molar-refractivity contribution in [2.45, 2.75) is 32.7 Å². The topological polar surface area (TPSA) is 47.3 Å². The van der Waals surface area contributed by atoms with Gasteiger partial charge in [-0.2, -0.15) is 0 Å². The summed E-state index contributed by atoms with van der Waals surface area (Å²) >= 11 is 5.04. The van der Waals surface area contributed by atoms with Crippen LogP contribution in [0.5, 0.6) is 5.75 Å². The minimum atomic E-state index is 0.389. The number of nitrogens with two attached hydrogens (primary N) is 1. The second-order valence-corrected chi connectivity index (χ2v) is 4.55. The normalized spacial score (nSPS) is 11.9. The van der Waals surface area contributed by atoms with Gasteiger partial charge < -0.3 is 15.8 Å². The fourth-order valence-corrected chi connectivity index (χ4v) is 1.93. The monoisotopic (exact) mass is 252 g/mol. The van der Waals surface area contributed by atoms with Crippen LogP contribution in [0.15, 0.2) is 18.2 Å². The van der Waals surface area contributed by atoms with Crippen molar-refractivity contribution < 1.29 is 4.74 Å². The predicted molar refractivity (Wildman–Crippen MR) is 76.9 cm³/mol. The molecule has 0 aliphatic rings. The molecule has 0 amide bonds. The minimum Gasteiger partial charge on any atom is -0.497 e. The molecule has 1 atom stereocenters. The average molecular weight is 252 g/mol. The fourth-order valence-electron chi connectivity index (χ4n) is 1.76. The average Bonchev–Trinajstić information content (AvgIpc) is 2.28. The van der Waals surface area contributed by atoms with E-state index in [-0.39, 0.29) is 0 Å². The Labute approximate surface area is 108 Å². The van der Waals surface area contributed by atoms with E-state index in [4.69, 9.17) is 22.7 Å². The van der Waals surface area contributed by atoms with Gasteiger partial charge in [0, 0.05) is 23.4 Å². The number of hydrogen-bond acceptors (Lipinski definition) is 3. The molecule has 0 aliphatic heterocycles. The van der Waals surface area contributed by atoms with Crippen LogP contribution in [0.2, 0.25) is 0 Å². The first kappa shape index (κ1) is 13.8. The zero-order chi connectivity index (χ0) is 12.8. The molecule has 4 heteroatoms. The van der Waals surface area contributed by atoms with Crippen LogP contribution in [-0.2, 0) is 0 Å². The molecule has 0 saturated carbocycles. The summed E-state index contributed by atoms with van der Waals surface area (Å²) in [5.41, 5.74) is 7.51. The number of nitrogens with one attached hydrogen (secondary N) is 1. The Morgan fingerprint density at radius 2 is 2.24 bits per heavy atom. The summed E-state index contributed by atoms with van der Waals surface area (Å²) in [6.45, 7) is 4.31. The van der Waals surface area contributed by atoms with Gasteiger partial charge in [0.05, 0.1) is 7.11 Å². The Balaban J connectivity index is 2.96. The van der Waals surface area contributed by atoms with E-state index in [1.54, 1.807) is 7.11 Å². The van der Waals surface area contributed by atoms with E-state index in [0.29, 0.717) is 11.0 Å². The summed E-state index contributed by atoms with van der Waals surface area (Å²) in [7, 11) is 1.65. The van der Waals surface area contributed by atoms with E-state index in [9.17, 15) is 0 Å². The van der Waals surface area contributed by atoms with Gasteiger partial charge in [-0.1, -0.05) is 25.6 Å². The van der Waals surface area contributed by atoms with Gasteiger partial charge >= 0.3 is 0 Å². The van der Waals surface area contributed by atoms with Crippen LogP contribution >= 0.6 is 12.2 Å². The molecule has 1 aromatic carbocycles. The zero-order valence-electron chi connectivity index (χ0n) is 10.6. The van der Waals surface area contributed by atoms with E-state index in [1.165, 1.54) is 0 Å². The number of methoxy groups -OCH3 is 1. The molecule has 0 saturated heterocycles. The first-order chi connectivity index (χ1) is 8.08. The highest BCUT2D eigenvalue weighted by Crippen LogP contribution is 2.23. The van der Waals surface area contributed by atoms with Crippen LogP contribution in [0.25, 0.3) is 0 Å². The molecule has 3 nitrogen and oxygen atoms in total. The molecule has 0 aromatic heterocycles. The molecule has 3 N–H and O–H groups in total. The summed E-state index contributed by atoms with van der Waals surface area (Å²) in [5.74, 6) is 0.802. The second-order valence-electron chi connectivity index (χ2n) is 4.11. The molecule has 0 aliphatic carbocycles. The zero-order valence-corrected chi connectivity index (χ0v) is 11.4. The second kappa shape index (κ2) is 6.45. The van der Waals surface area contributed by atoms with Crippen molar-refractivity contribution in [2.75, 3.05) is 12.4 Å². The van der Waals surface area contributed by atoms with Gasteiger partial charge in [-0.3, -0.25) is 0 Å². The van der Waals surface area contributed by atoms with E-state index < -0.39 is 0 Å². The maximum absolute atomic E-state index is 5.71. The molecule has 1 rings (SSSR count). The van der Waals surface area contributed by atoms with Gasteiger partial charge in [0.25, 0.3) is 0 Å². The SMILES string of the molecule is CCCC(C)Nc1cc(OC)ccc1C(N)=S. The van der Waals surface area contributed by atoms with Crippen LogP contribution in [0.3, 0.4) is 0 Å². The molecule has 0 fully saturated rings. The number of ether oxygens (including phenoxy) is 1. The first-order valence-electron chi connectivity index (χ1n) is 5.82. The highest BCUT2D eigenvalue weighted by molar-refractivity contribution is 7.80. The summed E-state index contributed by atoms with van der Waals surface area (Å²) in [4.78, 5) is 0.402. The van der Waals surface area contributed by atoms with Crippen molar-refractivity contribution in [2.24, 2.45) is 5.73 Å². The standard InChI is InChI=1S/C13H20N2OS/c1-4-5-9(2)15-12-8-10(16-3)6-7-11(12)13(14)17/h6-9,15H,4-5H2,1-3H3,(H2,14,17). The Kier molecular flexibility index (Phi) is 5.22. The third-order valence-electron chi connectivity index (χ3n) is 2.62. The van der Waals surface area contributed by atoms with E-state index in [0.717, 1.165) is 29.8 Å². The third kappa shape index (κ3) is 3.89. The lowest BCUT2D eigenvalue weighted by atomic mass is 10.1. The lowest BCUT2D eigenvalue weighted by Crippen LogP contribution is -2.19. The van der Waals surface area contributed by atoms with Gasteiger partial charge in [-0.05, 0) is 25.5 Å². The molecule has 1 aromatic rings. The van der Waals surface area contributed by atoms with Crippen molar-refractivity contribution in [1.29, 1.82) is 0 Å². The van der Waals surface area contributed by atoms with Crippen molar-refractivity contribution in [3.05, 3.63) is 23.8 Å². The highest BCUT2D eigenvalue weighted by Gasteiger charge is 2.09. The van der Waals surface area contributed by atoms with Gasteiger partial charge in [0.15, 0.2) is 0 Å². The lowest BCUT2D eigenvalue weighted by Gasteiger charge is -2.18. The van der Waals surface area contributed by atoms with Gasteiger partial charge in [-0.15, -0.1) is 0 Å². The van der Waals surface area contributed by atoms with Crippen molar-refractivity contribution in [3.63, 3.8) is 0 Å². The van der Waals surface area contributed by atoms with E-state index in [2.05, 4.69) is 19.2 Å². The minimum absolute atomic E-state index is 0.389. The summed E-state index contributed by atoms with van der Waals surface area (Å²) in [5, 5.41) is 3.42. The summed E-state index contributed by atoms with van der Waals surface area (Å²) in [6.07, 6.45) is 2.24. The van der Waals surface area contributed by atoms with Crippen LogP contribution in [0.1, 0.15) is 32.3 Å². The van der Waals surface area contributed by atoms with Crippen LogP contribution in [-0.4, -0.2) is 18.1 Å². The summed E-state index contributed by atoms with van der Waals surface area (Å²) in [6, 6.07) is 6.08. The van der Waals surface area contributed by atoms with Crippen molar-refractivity contribution >= 4 is 22.9 Å². The molecule has 0 bridgehead atoms. The maximum Gasteiger partial charge on any atom is 0.120 e. The number of benzene rings is 1. The molecule has 0 radical (unpaired) electrons. The van der Waals surface area contributed by atoms with Crippen LogP contribution in [0.4, 0.5) is 5.69 Å². The molecule has 17 heavy (non-hydrogen) atoms. The van der Waals surface area contributed by atoms with E-state index >= 15 is 0 Å². The fraction of sp³-hybridized carbons (Fsp3) is 0.462. The highest BCUT2D eigenvalue weighted by atomic mass is 32.1. The molecule has 0 spiro atoms. The Bertz CT molecular complexity index is 393. The predicted octanol–water partition coefficient (Wildman–Crippen LogP) is 2.93. The number of thiocarbonyl (C=S) groups is 1. The Hall–Kier alpha value is -1.29.